The molecule has 1 saturated heterocycles. The molecule has 0 aliphatic carbocycles. The van der Waals surface area contributed by atoms with Gasteiger partial charge in [-0.3, -0.25) is 4.79 Å². The number of hydrogen-bond acceptors (Lipinski definition) is 2. The molecule has 1 fully saturated rings. The largest absolute Gasteiger partial charge is 0.363 e. The van der Waals surface area contributed by atoms with Crippen LogP contribution in [0.3, 0.4) is 0 Å². The number of piperazine rings is 1. The van der Waals surface area contributed by atoms with Crippen molar-refractivity contribution in [3.8, 4) is 0 Å². The van der Waals surface area contributed by atoms with E-state index < -0.39 is 0 Å². The molecule has 15 heavy (non-hydrogen) atoms. The molecule has 1 amide bonds. The van der Waals surface area contributed by atoms with Gasteiger partial charge in [0.25, 0.3) is 0 Å². The van der Waals surface area contributed by atoms with Crippen LogP contribution >= 0.6 is 12.2 Å². The first kappa shape index (κ1) is 12.2. The highest BCUT2D eigenvalue weighted by Crippen LogP contribution is 2.08. The van der Waals surface area contributed by atoms with E-state index in [1.807, 2.05) is 11.8 Å². The second-order valence-corrected chi connectivity index (χ2v) is 4.03. The standard InChI is InChI=1S/C10H19N3OS/c1-3-5-12-10(15)13-7-6-11-9(14)8(13)4-2/h8H,3-7H2,1-2H3,(H,11,14)(H,12,15). The minimum absolute atomic E-state index is 0.0874. The zero-order valence-corrected chi connectivity index (χ0v) is 10.2. The fourth-order valence-corrected chi connectivity index (χ4v) is 2.02. The van der Waals surface area contributed by atoms with E-state index in [-0.39, 0.29) is 11.9 Å². The lowest BCUT2D eigenvalue weighted by Crippen LogP contribution is -2.59. The van der Waals surface area contributed by atoms with E-state index in [0.29, 0.717) is 11.7 Å². The van der Waals surface area contributed by atoms with Gasteiger partial charge in [-0.15, -0.1) is 0 Å². The summed E-state index contributed by atoms with van der Waals surface area (Å²) in [6, 6.07) is -0.101. The maximum absolute atomic E-state index is 11.6. The normalized spacial score (nSPS) is 21.1. The summed E-state index contributed by atoms with van der Waals surface area (Å²) in [5.74, 6) is 0.0874. The van der Waals surface area contributed by atoms with Crippen LogP contribution in [0, 0.1) is 0 Å². The second kappa shape index (κ2) is 5.90. The predicted molar refractivity (Wildman–Crippen MR) is 64.7 cm³/mol. The van der Waals surface area contributed by atoms with E-state index in [9.17, 15) is 4.79 Å². The Kier molecular flexibility index (Phi) is 4.81. The van der Waals surface area contributed by atoms with Gasteiger partial charge >= 0.3 is 0 Å². The van der Waals surface area contributed by atoms with Crippen LogP contribution < -0.4 is 10.6 Å². The topological polar surface area (TPSA) is 44.4 Å². The van der Waals surface area contributed by atoms with Gasteiger partial charge in [-0.05, 0) is 25.1 Å². The lowest BCUT2D eigenvalue weighted by Gasteiger charge is -2.36. The molecule has 4 nitrogen and oxygen atoms in total. The Hall–Kier alpha value is -0.840. The summed E-state index contributed by atoms with van der Waals surface area (Å²) in [7, 11) is 0. The van der Waals surface area contributed by atoms with Gasteiger partial charge < -0.3 is 15.5 Å². The molecule has 1 aliphatic rings. The summed E-state index contributed by atoms with van der Waals surface area (Å²) in [6.07, 6.45) is 1.83. The van der Waals surface area contributed by atoms with Crippen LogP contribution in [-0.4, -0.2) is 41.6 Å². The number of nitrogens with one attached hydrogen (secondary N) is 2. The zero-order chi connectivity index (χ0) is 11.3. The molecule has 5 heteroatoms. The minimum Gasteiger partial charge on any atom is -0.363 e. The molecule has 1 atom stereocenters. The van der Waals surface area contributed by atoms with Gasteiger partial charge in [0, 0.05) is 19.6 Å². The summed E-state index contributed by atoms with van der Waals surface area (Å²) in [5.41, 5.74) is 0. The number of carbonyl (C=O) groups excluding carboxylic acids is 1. The predicted octanol–water partition coefficient (Wildman–Crippen LogP) is 0.481. The first-order valence-corrected chi connectivity index (χ1v) is 5.93. The van der Waals surface area contributed by atoms with E-state index in [1.165, 1.54) is 0 Å². The van der Waals surface area contributed by atoms with Gasteiger partial charge in [-0.1, -0.05) is 13.8 Å². The molecule has 2 N–H and O–H groups in total. The van der Waals surface area contributed by atoms with E-state index in [0.717, 1.165) is 25.9 Å². The number of rotatable bonds is 3. The van der Waals surface area contributed by atoms with Gasteiger partial charge in [0.2, 0.25) is 5.91 Å². The average Bonchev–Trinajstić information content (AvgIpc) is 2.25. The zero-order valence-electron chi connectivity index (χ0n) is 9.38. The molecule has 86 valence electrons. The Labute approximate surface area is 96.4 Å². The van der Waals surface area contributed by atoms with Gasteiger partial charge in [0.05, 0.1) is 0 Å². The molecule has 1 unspecified atom stereocenters. The van der Waals surface area contributed by atoms with Crippen molar-refractivity contribution >= 4 is 23.2 Å². The summed E-state index contributed by atoms with van der Waals surface area (Å²) in [5, 5.41) is 6.73. The SMILES string of the molecule is CCCNC(=S)N1CCNC(=O)C1CC. The Morgan fingerprint density at radius 2 is 2.40 bits per heavy atom. The van der Waals surface area contributed by atoms with E-state index in [1.54, 1.807) is 0 Å². The second-order valence-electron chi connectivity index (χ2n) is 3.64. The highest BCUT2D eigenvalue weighted by Gasteiger charge is 2.29. The number of amides is 1. The number of hydrogen-bond donors (Lipinski definition) is 2. The molecule has 0 aromatic rings. The Morgan fingerprint density at radius 3 is 3.00 bits per heavy atom. The molecule has 0 aromatic heterocycles. The van der Waals surface area contributed by atoms with Gasteiger partial charge in [0.15, 0.2) is 5.11 Å². The Balaban J connectivity index is 2.57. The maximum atomic E-state index is 11.6. The van der Waals surface area contributed by atoms with E-state index in [4.69, 9.17) is 12.2 Å². The van der Waals surface area contributed by atoms with Crippen LogP contribution in [0.2, 0.25) is 0 Å². The van der Waals surface area contributed by atoms with Crippen molar-refractivity contribution in [2.24, 2.45) is 0 Å². The monoisotopic (exact) mass is 229 g/mol. The molecule has 1 heterocycles. The smallest absolute Gasteiger partial charge is 0.242 e. The van der Waals surface area contributed by atoms with Crippen LogP contribution in [0.4, 0.5) is 0 Å². The summed E-state index contributed by atoms with van der Waals surface area (Å²) in [6.45, 7) is 6.46. The molecule has 0 spiro atoms. The Bertz CT molecular complexity index is 245. The van der Waals surface area contributed by atoms with Crippen molar-refractivity contribution in [3.05, 3.63) is 0 Å². The third-order valence-electron chi connectivity index (χ3n) is 2.50. The molecule has 1 aliphatic heterocycles. The molecule has 0 aromatic carbocycles. The highest BCUT2D eigenvalue weighted by molar-refractivity contribution is 7.80. The lowest BCUT2D eigenvalue weighted by molar-refractivity contribution is -0.127. The molecule has 0 saturated carbocycles. The fourth-order valence-electron chi connectivity index (χ4n) is 1.70. The third kappa shape index (κ3) is 3.06. The molecule has 0 radical (unpaired) electrons. The third-order valence-corrected chi connectivity index (χ3v) is 2.88. The molecular weight excluding hydrogens is 210 g/mol. The fraction of sp³-hybridized carbons (Fsp3) is 0.800. The summed E-state index contributed by atoms with van der Waals surface area (Å²) >= 11 is 5.27. The van der Waals surface area contributed by atoms with Crippen molar-refractivity contribution < 1.29 is 4.79 Å². The first-order valence-electron chi connectivity index (χ1n) is 5.52. The van der Waals surface area contributed by atoms with Crippen LogP contribution in [0.5, 0.6) is 0 Å². The van der Waals surface area contributed by atoms with Crippen LogP contribution in [0.15, 0.2) is 0 Å². The summed E-state index contributed by atoms with van der Waals surface area (Å²) < 4.78 is 0. The van der Waals surface area contributed by atoms with Crippen molar-refractivity contribution in [1.29, 1.82) is 0 Å². The number of thiocarbonyl (C=S) groups is 1. The number of nitrogens with zero attached hydrogens (tertiary/aromatic N) is 1. The Morgan fingerprint density at radius 1 is 1.67 bits per heavy atom. The summed E-state index contributed by atoms with van der Waals surface area (Å²) in [4.78, 5) is 13.6. The van der Waals surface area contributed by atoms with Crippen molar-refractivity contribution in [2.75, 3.05) is 19.6 Å². The van der Waals surface area contributed by atoms with Crippen LogP contribution in [-0.2, 0) is 4.79 Å². The van der Waals surface area contributed by atoms with Crippen molar-refractivity contribution in [1.82, 2.24) is 15.5 Å². The van der Waals surface area contributed by atoms with Gasteiger partial charge in [-0.2, -0.15) is 0 Å². The van der Waals surface area contributed by atoms with E-state index in [2.05, 4.69) is 17.6 Å². The van der Waals surface area contributed by atoms with Crippen molar-refractivity contribution in [3.63, 3.8) is 0 Å². The average molecular weight is 229 g/mol. The van der Waals surface area contributed by atoms with Gasteiger partial charge in [0.1, 0.15) is 6.04 Å². The minimum atomic E-state index is -0.101. The van der Waals surface area contributed by atoms with Crippen molar-refractivity contribution in [2.45, 2.75) is 32.7 Å². The maximum Gasteiger partial charge on any atom is 0.242 e. The molecule has 0 bridgehead atoms. The first-order chi connectivity index (χ1) is 7.20. The van der Waals surface area contributed by atoms with E-state index >= 15 is 0 Å². The van der Waals surface area contributed by atoms with Gasteiger partial charge in [-0.25, -0.2) is 0 Å². The van der Waals surface area contributed by atoms with Crippen LogP contribution in [0.1, 0.15) is 26.7 Å². The molecular formula is C10H19N3OS. The number of carbonyl (C=O) groups is 1. The lowest BCUT2D eigenvalue weighted by atomic mass is 10.1. The quantitative estimate of drug-likeness (QED) is 0.691. The van der Waals surface area contributed by atoms with Crippen LogP contribution in [0.25, 0.3) is 0 Å². The molecule has 1 rings (SSSR count). The highest BCUT2D eigenvalue weighted by atomic mass is 32.1.